The average molecular weight is 319 g/mol. The van der Waals surface area contributed by atoms with E-state index in [1.165, 1.54) is 6.21 Å². The molecule has 0 saturated heterocycles. The number of aromatic nitrogens is 3. The van der Waals surface area contributed by atoms with E-state index in [1.807, 2.05) is 66.4 Å². The second-order valence-electron chi connectivity index (χ2n) is 5.16. The number of nitrogens with zero attached hydrogens (tertiary/aromatic N) is 3. The van der Waals surface area contributed by atoms with Crippen molar-refractivity contribution in [3.63, 3.8) is 0 Å². The molecule has 0 atom stereocenters. The van der Waals surface area contributed by atoms with Crippen LogP contribution >= 0.6 is 0 Å². The largest absolute Gasteiger partial charge is 0.349 e. The highest BCUT2D eigenvalue weighted by molar-refractivity contribution is 5.93. The number of benzene rings is 1. The van der Waals surface area contributed by atoms with Crippen LogP contribution in [0.15, 0.2) is 65.9 Å². The molecule has 0 bridgehead atoms. The SMILES string of the molecule is Cn1cccc1-c1cc(C(=O)NN=CC=Cc2ccccc2)[nH]n1. The number of allylic oxidation sites excluding steroid dienone is 1. The minimum atomic E-state index is -0.340. The number of aromatic amines is 1. The molecular weight excluding hydrogens is 302 g/mol. The van der Waals surface area contributed by atoms with Crippen LogP contribution in [0, 0.1) is 0 Å². The van der Waals surface area contributed by atoms with Crippen LogP contribution in [-0.2, 0) is 7.05 Å². The average Bonchev–Trinajstić information content (AvgIpc) is 3.24. The Bertz CT molecular complexity index is 874. The van der Waals surface area contributed by atoms with E-state index in [4.69, 9.17) is 0 Å². The zero-order chi connectivity index (χ0) is 16.8. The van der Waals surface area contributed by atoms with Gasteiger partial charge in [-0.1, -0.05) is 36.4 Å². The van der Waals surface area contributed by atoms with Gasteiger partial charge in [0.1, 0.15) is 11.4 Å². The van der Waals surface area contributed by atoms with Crippen molar-refractivity contribution in [2.75, 3.05) is 0 Å². The number of hydrazone groups is 1. The van der Waals surface area contributed by atoms with Crippen molar-refractivity contribution in [1.29, 1.82) is 0 Å². The van der Waals surface area contributed by atoms with Crippen LogP contribution in [0.25, 0.3) is 17.5 Å². The molecular formula is C18H17N5O. The minimum absolute atomic E-state index is 0.340. The van der Waals surface area contributed by atoms with Gasteiger partial charge in [0.05, 0.1) is 5.69 Å². The standard InChI is InChI=1S/C18H17N5O/c1-23-12-6-10-17(23)15-13-16(21-20-15)18(24)22-19-11-5-9-14-7-3-2-4-8-14/h2-13H,1H3,(H,20,21)(H,22,24). The van der Waals surface area contributed by atoms with Crippen LogP contribution in [-0.4, -0.2) is 26.9 Å². The maximum absolute atomic E-state index is 12.0. The summed E-state index contributed by atoms with van der Waals surface area (Å²) in [7, 11) is 1.92. The highest BCUT2D eigenvalue weighted by atomic mass is 16.2. The van der Waals surface area contributed by atoms with Crippen molar-refractivity contribution in [3.05, 3.63) is 72.1 Å². The Morgan fingerprint density at radius 1 is 1.25 bits per heavy atom. The molecule has 0 saturated carbocycles. The molecule has 3 rings (SSSR count). The lowest BCUT2D eigenvalue weighted by atomic mass is 10.2. The number of rotatable bonds is 5. The number of hydrogen-bond donors (Lipinski definition) is 2. The molecule has 1 amide bonds. The van der Waals surface area contributed by atoms with Gasteiger partial charge in [-0.3, -0.25) is 9.89 Å². The molecule has 0 aliphatic rings. The van der Waals surface area contributed by atoms with E-state index in [9.17, 15) is 4.79 Å². The molecule has 120 valence electrons. The summed E-state index contributed by atoms with van der Waals surface area (Å²) in [5.74, 6) is -0.340. The maximum atomic E-state index is 12.0. The zero-order valence-corrected chi connectivity index (χ0v) is 13.2. The highest BCUT2D eigenvalue weighted by Gasteiger charge is 2.11. The molecule has 0 unspecified atom stereocenters. The Hall–Kier alpha value is -3.41. The lowest BCUT2D eigenvalue weighted by Gasteiger charge is -1.97. The van der Waals surface area contributed by atoms with Gasteiger partial charge >= 0.3 is 0 Å². The van der Waals surface area contributed by atoms with Crippen molar-refractivity contribution in [2.45, 2.75) is 0 Å². The number of H-pyrrole nitrogens is 1. The van der Waals surface area contributed by atoms with Crippen molar-refractivity contribution >= 4 is 18.2 Å². The fraction of sp³-hybridized carbons (Fsp3) is 0.0556. The molecule has 2 N–H and O–H groups in total. The lowest BCUT2D eigenvalue weighted by Crippen LogP contribution is -2.17. The molecule has 2 heterocycles. The van der Waals surface area contributed by atoms with Crippen LogP contribution in [0.5, 0.6) is 0 Å². The van der Waals surface area contributed by atoms with Gasteiger partial charge in [-0.2, -0.15) is 10.2 Å². The first-order chi connectivity index (χ1) is 11.7. The molecule has 6 heteroatoms. The van der Waals surface area contributed by atoms with Crippen molar-refractivity contribution < 1.29 is 4.79 Å². The molecule has 2 aromatic heterocycles. The third-order valence-electron chi connectivity index (χ3n) is 3.44. The van der Waals surface area contributed by atoms with Crippen LogP contribution in [0.4, 0.5) is 0 Å². The van der Waals surface area contributed by atoms with Gasteiger partial charge in [0.25, 0.3) is 5.91 Å². The fourth-order valence-electron chi connectivity index (χ4n) is 2.21. The smallest absolute Gasteiger partial charge is 0.289 e. The van der Waals surface area contributed by atoms with Crippen molar-refractivity contribution in [1.82, 2.24) is 20.2 Å². The summed E-state index contributed by atoms with van der Waals surface area (Å²) >= 11 is 0. The second kappa shape index (κ2) is 7.23. The third-order valence-corrected chi connectivity index (χ3v) is 3.44. The first-order valence-electron chi connectivity index (χ1n) is 7.46. The molecule has 0 aliphatic heterocycles. The van der Waals surface area contributed by atoms with Gasteiger partial charge in [-0.15, -0.1) is 0 Å². The number of aryl methyl sites for hydroxylation is 1. The Morgan fingerprint density at radius 2 is 2.08 bits per heavy atom. The molecule has 3 aromatic rings. The normalized spacial score (nSPS) is 11.4. The number of amides is 1. The van der Waals surface area contributed by atoms with Gasteiger partial charge < -0.3 is 4.57 Å². The monoisotopic (exact) mass is 319 g/mol. The van der Waals surface area contributed by atoms with Gasteiger partial charge in [-0.05, 0) is 29.8 Å². The predicted octanol–water partition coefficient (Wildman–Crippen LogP) is 2.84. The van der Waals surface area contributed by atoms with Crippen LogP contribution in [0.1, 0.15) is 16.1 Å². The van der Waals surface area contributed by atoms with Gasteiger partial charge in [0.15, 0.2) is 0 Å². The summed E-state index contributed by atoms with van der Waals surface area (Å²) in [5.41, 5.74) is 5.52. The summed E-state index contributed by atoms with van der Waals surface area (Å²) in [4.78, 5) is 12.0. The van der Waals surface area contributed by atoms with E-state index in [1.54, 1.807) is 12.1 Å². The molecule has 0 radical (unpaired) electrons. The van der Waals surface area contributed by atoms with E-state index in [0.29, 0.717) is 11.4 Å². The summed E-state index contributed by atoms with van der Waals surface area (Å²) in [6, 6.07) is 15.4. The Balaban J connectivity index is 1.58. The van der Waals surface area contributed by atoms with E-state index in [0.717, 1.165) is 11.3 Å². The number of hydrogen-bond acceptors (Lipinski definition) is 3. The molecule has 24 heavy (non-hydrogen) atoms. The van der Waals surface area contributed by atoms with Crippen molar-refractivity contribution in [3.8, 4) is 11.4 Å². The first-order valence-corrected chi connectivity index (χ1v) is 7.46. The molecule has 6 nitrogen and oxygen atoms in total. The highest BCUT2D eigenvalue weighted by Crippen LogP contribution is 2.17. The number of carbonyl (C=O) groups is 1. The molecule has 1 aromatic carbocycles. The Labute approximate surface area is 139 Å². The topological polar surface area (TPSA) is 75.1 Å². The Morgan fingerprint density at radius 3 is 2.83 bits per heavy atom. The predicted molar refractivity (Wildman–Crippen MR) is 94.4 cm³/mol. The zero-order valence-electron chi connectivity index (χ0n) is 13.2. The fourth-order valence-corrected chi connectivity index (χ4v) is 2.21. The minimum Gasteiger partial charge on any atom is -0.349 e. The van der Waals surface area contributed by atoms with E-state index >= 15 is 0 Å². The third kappa shape index (κ3) is 3.67. The summed E-state index contributed by atoms with van der Waals surface area (Å²) in [6.07, 6.45) is 7.11. The van der Waals surface area contributed by atoms with Crippen LogP contribution < -0.4 is 5.43 Å². The first kappa shape index (κ1) is 15.5. The molecule has 0 aliphatic carbocycles. The Kier molecular flexibility index (Phi) is 4.67. The van der Waals surface area contributed by atoms with E-state index in [2.05, 4.69) is 20.7 Å². The maximum Gasteiger partial charge on any atom is 0.289 e. The number of nitrogens with one attached hydrogen (secondary N) is 2. The quantitative estimate of drug-likeness (QED) is 0.560. The van der Waals surface area contributed by atoms with Gasteiger partial charge in [-0.25, -0.2) is 5.43 Å². The molecule has 0 spiro atoms. The van der Waals surface area contributed by atoms with Gasteiger partial charge in [0.2, 0.25) is 0 Å². The molecule has 0 fully saturated rings. The van der Waals surface area contributed by atoms with Crippen molar-refractivity contribution in [2.24, 2.45) is 12.1 Å². The van der Waals surface area contributed by atoms with Gasteiger partial charge in [0, 0.05) is 19.5 Å². The summed E-state index contributed by atoms with van der Waals surface area (Å²) in [6.45, 7) is 0. The summed E-state index contributed by atoms with van der Waals surface area (Å²) in [5, 5.41) is 10.8. The van der Waals surface area contributed by atoms with Crippen LogP contribution in [0.3, 0.4) is 0 Å². The second-order valence-corrected chi connectivity index (χ2v) is 5.16. The lowest BCUT2D eigenvalue weighted by molar-refractivity contribution is 0.0950. The summed E-state index contributed by atoms with van der Waals surface area (Å²) < 4.78 is 1.93. The number of carbonyl (C=O) groups excluding carboxylic acids is 1. The van der Waals surface area contributed by atoms with E-state index < -0.39 is 0 Å². The van der Waals surface area contributed by atoms with Crippen LogP contribution in [0.2, 0.25) is 0 Å². The van der Waals surface area contributed by atoms with E-state index in [-0.39, 0.29) is 5.91 Å².